The highest BCUT2D eigenvalue weighted by Crippen LogP contribution is 2.34. The summed E-state index contributed by atoms with van der Waals surface area (Å²) < 4.78 is 42.2. The summed E-state index contributed by atoms with van der Waals surface area (Å²) in [4.78, 5) is 6.32. The number of fused-ring (bicyclic) bond motifs is 1. The predicted octanol–water partition coefficient (Wildman–Crippen LogP) is 3.89. The quantitative estimate of drug-likeness (QED) is 0.359. The van der Waals surface area contributed by atoms with Crippen LogP contribution in [0.15, 0.2) is 30.7 Å². The molecule has 0 saturated carbocycles. The van der Waals surface area contributed by atoms with Gasteiger partial charge in [0.25, 0.3) is 0 Å². The maximum atomic E-state index is 14.0. The summed E-state index contributed by atoms with van der Waals surface area (Å²) in [7, 11) is 0. The first kappa shape index (κ1) is 24.2. The van der Waals surface area contributed by atoms with Crippen molar-refractivity contribution >= 4 is 17.1 Å². The van der Waals surface area contributed by atoms with Crippen LogP contribution in [0.5, 0.6) is 5.75 Å². The maximum Gasteiger partial charge on any atom is 0.147 e. The van der Waals surface area contributed by atoms with Crippen molar-refractivity contribution in [1.29, 1.82) is 0 Å². The Morgan fingerprint density at radius 1 is 1.14 bits per heavy atom. The van der Waals surface area contributed by atoms with E-state index in [0.29, 0.717) is 22.3 Å². The standard InChI is InChI=1S/C25H26ClF2N7O2/c1-15-24(31-32-35(15)18-2-5-33(6-3-18)19-13-36-14-19)16-8-23(25-20(26)11-30-34(25)12-16)37-7-4-22-21(28)9-17(27)10-29-22/h8-12,18-19H,2-7,13-14H2,1H3. The van der Waals surface area contributed by atoms with E-state index in [2.05, 4.69) is 25.3 Å². The zero-order chi connectivity index (χ0) is 25.5. The Morgan fingerprint density at radius 2 is 1.95 bits per heavy atom. The molecule has 0 N–H and O–H groups in total. The number of hydrogen-bond acceptors (Lipinski definition) is 7. The molecular formula is C25H26ClF2N7O2. The van der Waals surface area contributed by atoms with Gasteiger partial charge in [-0.05, 0) is 25.8 Å². The Kier molecular flexibility index (Phi) is 6.51. The van der Waals surface area contributed by atoms with E-state index < -0.39 is 11.6 Å². The van der Waals surface area contributed by atoms with Crippen LogP contribution in [-0.2, 0) is 11.2 Å². The maximum absolute atomic E-state index is 14.0. The molecule has 12 heteroatoms. The Hall–Kier alpha value is -3.15. The summed E-state index contributed by atoms with van der Waals surface area (Å²) >= 11 is 6.38. The Balaban J connectivity index is 1.22. The number of hydrogen-bond donors (Lipinski definition) is 0. The van der Waals surface area contributed by atoms with Crippen LogP contribution in [0.25, 0.3) is 16.8 Å². The highest BCUT2D eigenvalue weighted by molar-refractivity contribution is 6.34. The minimum Gasteiger partial charge on any atom is -0.491 e. The van der Waals surface area contributed by atoms with Crippen molar-refractivity contribution in [3.05, 3.63) is 58.8 Å². The molecule has 2 saturated heterocycles. The minimum absolute atomic E-state index is 0.118. The largest absolute Gasteiger partial charge is 0.491 e. The van der Waals surface area contributed by atoms with Crippen molar-refractivity contribution in [2.45, 2.75) is 38.3 Å². The van der Waals surface area contributed by atoms with Crippen LogP contribution in [0.3, 0.4) is 0 Å². The molecule has 2 aliphatic rings. The van der Waals surface area contributed by atoms with Gasteiger partial charge >= 0.3 is 0 Å². The molecule has 2 aliphatic heterocycles. The van der Waals surface area contributed by atoms with Gasteiger partial charge in [0.2, 0.25) is 0 Å². The number of likely N-dealkylation sites (tertiary alicyclic amines) is 1. The molecule has 9 nitrogen and oxygen atoms in total. The second-order valence-corrected chi connectivity index (χ2v) is 9.89. The van der Waals surface area contributed by atoms with E-state index in [4.69, 9.17) is 21.1 Å². The van der Waals surface area contributed by atoms with E-state index in [9.17, 15) is 8.78 Å². The van der Waals surface area contributed by atoms with Gasteiger partial charge in [0.15, 0.2) is 0 Å². The molecular weight excluding hydrogens is 504 g/mol. The molecule has 0 aliphatic carbocycles. The van der Waals surface area contributed by atoms with Gasteiger partial charge in [-0.25, -0.2) is 18.0 Å². The highest BCUT2D eigenvalue weighted by atomic mass is 35.5. The van der Waals surface area contributed by atoms with E-state index in [1.165, 1.54) is 0 Å². The fraction of sp³-hybridized carbons (Fsp3) is 0.440. The Labute approximate surface area is 216 Å². The van der Waals surface area contributed by atoms with E-state index >= 15 is 0 Å². The monoisotopic (exact) mass is 529 g/mol. The van der Waals surface area contributed by atoms with Crippen molar-refractivity contribution in [2.75, 3.05) is 32.9 Å². The minimum atomic E-state index is -0.718. The molecule has 0 atom stereocenters. The average molecular weight is 530 g/mol. The van der Waals surface area contributed by atoms with E-state index in [1.54, 1.807) is 10.7 Å². The lowest BCUT2D eigenvalue weighted by Crippen LogP contribution is -2.52. The van der Waals surface area contributed by atoms with Crippen LogP contribution < -0.4 is 4.74 Å². The average Bonchev–Trinajstić information content (AvgIpc) is 3.42. The third kappa shape index (κ3) is 4.67. The van der Waals surface area contributed by atoms with Gasteiger partial charge in [0.05, 0.1) is 60.7 Å². The van der Waals surface area contributed by atoms with Crippen LogP contribution in [0.4, 0.5) is 8.78 Å². The van der Waals surface area contributed by atoms with E-state index in [0.717, 1.165) is 68.4 Å². The second kappa shape index (κ2) is 9.96. The summed E-state index contributed by atoms with van der Waals surface area (Å²) in [5.74, 6) is -0.943. The molecule has 0 bridgehead atoms. The molecule has 4 aromatic rings. The number of halogens is 3. The zero-order valence-corrected chi connectivity index (χ0v) is 21.0. The summed E-state index contributed by atoms with van der Waals surface area (Å²) in [5.41, 5.74) is 3.20. The molecule has 194 valence electrons. The number of rotatable bonds is 7. The van der Waals surface area contributed by atoms with E-state index in [-0.39, 0.29) is 24.8 Å². The molecule has 0 unspecified atom stereocenters. The lowest BCUT2D eigenvalue weighted by atomic mass is 10.0. The molecule has 2 fully saturated rings. The number of aromatic nitrogens is 6. The van der Waals surface area contributed by atoms with Crippen molar-refractivity contribution in [2.24, 2.45) is 0 Å². The summed E-state index contributed by atoms with van der Waals surface area (Å²) in [6.45, 7) is 5.84. The lowest BCUT2D eigenvalue weighted by molar-refractivity contribution is -0.0735. The summed E-state index contributed by atoms with van der Waals surface area (Å²) in [5, 5.41) is 13.8. The van der Waals surface area contributed by atoms with Crippen LogP contribution in [-0.4, -0.2) is 73.4 Å². The Bertz CT molecular complexity index is 1430. The van der Waals surface area contributed by atoms with Gasteiger partial charge < -0.3 is 9.47 Å². The van der Waals surface area contributed by atoms with Crippen molar-refractivity contribution < 1.29 is 18.3 Å². The van der Waals surface area contributed by atoms with Gasteiger partial charge in [-0.1, -0.05) is 16.8 Å². The number of nitrogens with zero attached hydrogens (tertiary/aromatic N) is 7. The van der Waals surface area contributed by atoms with Crippen LogP contribution in [0, 0.1) is 18.6 Å². The third-order valence-electron chi connectivity index (χ3n) is 7.20. The van der Waals surface area contributed by atoms with Crippen LogP contribution in [0.1, 0.15) is 30.3 Å². The molecule has 37 heavy (non-hydrogen) atoms. The molecule has 0 aromatic carbocycles. The SMILES string of the molecule is Cc1c(-c2cc(OCCc3ncc(F)cc3F)c3c(Cl)cnn3c2)nnn1C1CCN(C2COC2)CC1. The number of piperidine rings is 1. The molecule has 6 rings (SSSR count). The van der Waals surface area contributed by atoms with Crippen LogP contribution in [0.2, 0.25) is 5.02 Å². The van der Waals surface area contributed by atoms with Gasteiger partial charge in [-0.2, -0.15) is 5.10 Å². The first-order valence-corrected chi connectivity index (χ1v) is 12.7. The summed E-state index contributed by atoms with van der Waals surface area (Å²) in [6.07, 6.45) is 6.56. The highest BCUT2D eigenvalue weighted by Gasteiger charge is 2.31. The summed E-state index contributed by atoms with van der Waals surface area (Å²) in [6, 6.07) is 3.50. The van der Waals surface area contributed by atoms with Crippen molar-refractivity contribution in [1.82, 2.24) is 34.5 Å². The molecule has 4 aromatic heterocycles. The topological polar surface area (TPSA) is 82.6 Å². The lowest BCUT2D eigenvalue weighted by Gasteiger charge is -2.41. The zero-order valence-electron chi connectivity index (χ0n) is 20.3. The fourth-order valence-electron chi connectivity index (χ4n) is 5.06. The molecule has 0 spiro atoms. The number of pyridine rings is 2. The first-order valence-electron chi connectivity index (χ1n) is 12.3. The normalized spacial score (nSPS) is 17.4. The van der Waals surface area contributed by atoms with Gasteiger partial charge in [0, 0.05) is 37.3 Å². The third-order valence-corrected chi connectivity index (χ3v) is 7.47. The smallest absolute Gasteiger partial charge is 0.147 e. The molecule has 0 radical (unpaired) electrons. The number of ether oxygens (including phenoxy) is 2. The predicted molar refractivity (Wildman–Crippen MR) is 132 cm³/mol. The first-order chi connectivity index (χ1) is 18.0. The second-order valence-electron chi connectivity index (χ2n) is 9.49. The van der Waals surface area contributed by atoms with Gasteiger partial charge in [-0.15, -0.1) is 5.10 Å². The van der Waals surface area contributed by atoms with E-state index in [1.807, 2.05) is 23.9 Å². The van der Waals surface area contributed by atoms with Gasteiger partial charge in [0.1, 0.15) is 28.6 Å². The fourth-order valence-corrected chi connectivity index (χ4v) is 5.28. The van der Waals surface area contributed by atoms with Crippen molar-refractivity contribution in [3.8, 4) is 17.0 Å². The molecule has 6 heterocycles. The Morgan fingerprint density at radius 3 is 2.68 bits per heavy atom. The van der Waals surface area contributed by atoms with Gasteiger partial charge in [-0.3, -0.25) is 9.88 Å². The van der Waals surface area contributed by atoms with Crippen molar-refractivity contribution in [3.63, 3.8) is 0 Å². The molecule has 0 amide bonds. The van der Waals surface area contributed by atoms with Crippen LogP contribution >= 0.6 is 11.6 Å².